The van der Waals surface area contributed by atoms with Crippen LogP contribution in [0.5, 0.6) is 0 Å². The van der Waals surface area contributed by atoms with E-state index < -0.39 is 0 Å². The van der Waals surface area contributed by atoms with E-state index in [1.54, 1.807) is 6.07 Å². The van der Waals surface area contributed by atoms with Crippen molar-refractivity contribution >= 4 is 0 Å². The Hall–Kier alpha value is -0.890. The summed E-state index contributed by atoms with van der Waals surface area (Å²) in [5, 5.41) is 3.27. The Kier molecular flexibility index (Phi) is 2.09. The number of rotatable bonds is 3. The van der Waals surface area contributed by atoms with Crippen molar-refractivity contribution in [1.82, 2.24) is 5.32 Å². The molecule has 2 heteroatoms. The van der Waals surface area contributed by atoms with Gasteiger partial charge >= 0.3 is 0 Å². The highest BCUT2D eigenvalue weighted by molar-refractivity contribution is 5.17. The Morgan fingerprint density at radius 2 is 2.08 bits per heavy atom. The Morgan fingerprint density at radius 1 is 1.33 bits per heavy atom. The monoisotopic (exact) mass is 165 g/mol. The minimum Gasteiger partial charge on any atom is -0.310 e. The number of hydrogen-bond acceptors (Lipinski definition) is 1. The number of nitrogens with one attached hydrogen (secondary N) is 1. The molecule has 1 aliphatic rings. The Morgan fingerprint density at radius 3 is 2.75 bits per heavy atom. The van der Waals surface area contributed by atoms with E-state index in [1.165, 1.54) is 18.9 Å². The topological polar surface area (TPSA) is 12.0 Å². The second-order valence-electron chi connectivity index (χ2n) is 3.25. The highest BCUT2D eigenvalue weighted by atomic mass is 19.1. The van der Waals surface area contributed by atoms with Crippen LogP contribution in [-0.2, 0) is 6.54 Å². The Labute approximate surface area is 71.6 Å². The third-order valence-corrected chi connectivity index (χ3v) is 2.12. The van der Waals surface area contributed by atoms with Crippen LogP contribution in [0.15, 0.2) is 24.3 Å². The average Bonchev–Trinajstić information content (AvgIpc) is 2.86. The lowest BCUT2D eigenvalue weighted by Gasteiger charge is -2.03. The highest BCUT2D eigenvalue weighted by Gasteiger charge is 2.20. The molecule has 0 aromatic heterocycles. The molecule has 0 saturated heterocycles. The number of halogens is 1. The van der Waals surface area contributed by atoms with Crippen molar-refractivity contribution in [1.29, 1.82) is 0 Å². The summed E-state index contributed by atoms with van der Waals surface area (Å²) >= 11 is 0. The molecule has 0 atom stereocenters. The maximum atomic E-state index is 13.0. The summed E-state index contributed by atoms with van der Waals surface area (Å²) in [6.45, 7) is 0.664. The summed E-state index contributed by atoms with van der Waals surface area (Å²) in [4.78, 5) is 0. The molecule has 0 bridgehead atoms. The first kappa shape index (κ1) is 7.74. The lowest BCUT2D eigenvalue weighted by molar-refractivity contribution is 0.587. The van der Waals surface area contributed by atoms with Gasteiger partial charge in [-0.1, -0.05) is 18.2 Å². The van der Waals surface area contributed by atoms with Crippen LogP contribution in [0.2, 0.25) is 0 Å². The molecule has 2 rings (SSSR count). The predicted molar refractivity (Wildman–Crippen MR) is 46.3 cm³/mol. The van der Waals surface area contributed by atoms with Crippen molar-refractivity contribution in [2.24, 2.45) is 0 Å². The van der Waals surface area contributed by atoms with Gasteiger partial charge in [-0.25, -0.2) is 4.39 Å². The first-order valence-electron chi connectivity index (χ1n) is 4.33. The fourth-order valence-electron chi connectivity index (χ4n) is 1.18. The van der Waals surface area contributed by atoms with E-state index in [4.69, 9.17) is 0 Å². The number of hydrogen-bond donors (Lipinski definition) is 1. The fourth-order valence-corrected chi connectivity index (χ4v) is 1.18. The van der Waals surface area contributed by atoms with Crippen LogP contribution >= 0.6 is 0 Å². The van der Waals surface area contributed by atoms with Gasteiger partial charge in [0.25, 0.3) is 0 Å². The molecule has 1 aliphatic carbocycles. The summed E-state index contributed by atoms with van der Waals surface area (Å²) in [5.41, 5.74) is 0.768. The maximum absolute atomic E-state index is 13.0. The van der Waals surface area contributed by atoms with Crippen molar-refractivity contribution in [3.8, 4) is 0 Å². The van der Waals surface area contributed by atoms with Gasteiger partial charge in [0.05, 0.1) is 0 Å². The molecule has 0 amide bonds. The first-order valence-corrected chi connectivity index (χ1v) is 4.33. The molecule has 0 aliphatic heterocycles. The summed E-state index contributed by atoms with van der Waals surface area (Å²) in [6.07, 6.45) is 2.49. The zero-order chi connectivity index (χ0) is 8.39. The first-order chi connectivity index (χ1) is 5.86. The molecule has 1 fully saturated rings. The van der Waals surface area contributed by atoms with Crippen LogP contribution in [0.3, 0.4) is 0 Å². The van der Waals surface area contributed by atoms with Crippen LogP contribution in [0.1, 0.15) is 18.4 Å². The molecule has 12 heavy (non-hydrogen) atoms. The quantitative estimate of drug-likeness (QED) is 0.723. The Balaban J connectivity index is 1.96. The standard InChI is InChI=1S/C10H12FN/c11-10-4-2-1-3-8(10)7-12-9-5-6-9/h1-4,9,12H,5-7H2. The second kappa shape index (κ2) is 3.23. The van der Waals surface area contributed by atoms with Gasteiger partial charge in [-0.3, -0.25) is 0 Å². The third-order valence-electron chi connectivity index (χ3n) is 2.12. The van der Waals surface area contributed by atoms with Gasteiger partial charge in [0, 0.05) is 18.2 Å². The van der Waals surface area contributed by atoms with Gasteiger partial charge in [-0.15, -0.1) is 0 Å². The molecule has 1 nitrogen and oxygen atoms in total. The third kappa shape index (κ3) is 1.83. The molecule has 1 aromatic carbocycles. The number of benzene rings is 1. The zero-order valence-corrected chi connectivity index (χ0v) is 6.89. The lowest BCUT2D eigenvalue weighted by Crippen LogP contribution is -2.16. The average molecular weight is 165 g/mol. The van der Waals surface area contributed by atoms with Crippen molar-refractivity contribution in [2.45, 2.75) is 25.4 Å². The van der Waals surface area contributed by atoms with Crippen LogP contribution in [-0.4, -0.2) is 6.04 Å². The molecule has 1 N–H and O–H groups in total. The van der Waals surface area contributed by atoms with E-state index >= 15 is 0 Å². The lowest BCUT2D eigenvalue weighted by atomic mass is 10.2. The van der Waals surface area contributed by atoms with E-state index in [-0.39, 0.29) is 5.82 Å². The van der Waals surface area contributed by atoms with Gasteiger partial charge in [0.2, 0.25) is 0 Å². The normalized spacial score (nSPS) is 16.4. The van der Waals surface area contributed by atoms with Gasteiger partial charge < -0.3 is 5.32 Å². The molecule has 0 unspecified atom stereocenters. The smallest absolute Gasteiger partial charge is 0.127 e. The van der Waals surface area contributed by atoms with E-state index in [2.05, 4.69) is 5.32 Å². The van der Waals surface area contributed by atoms with Crippen molar-refractivity contribution in [3.63, 3.8) is 0 Å². The van der Waals surface area contributed by atoms with Gasteiger partial charge in [0.15, 0.2) is 0 Å². The molecule has 64 valence electrons. The fraction of sp³-hybridized carbons (Fsp3) is 0.400. The van der Waals surface area contributed by atoms with E-state index in [0.717, 1.165) is 5.56 Å². The van der Waals surface area contributed by atoms with Crippen molar-refractivity contribution < 1.29 is 4.39 Å². The van der Waals surface area contributed by atoms with Crippen LogP contribution in [0.25, 0.3) is 0 Å². The summed E-state index contributed by atoms with van der Waals surface area (Å²) in [6, 6.07) is 7.56. The van der Waals surface area contributed by atoms with Crippen LogP contribution in [0.4, 0.5) is 4.39 Å². The molecular weight excluding hydrogens is 153 g/mol. The largest absolute Gasteiger partial charge is 0.310 e. The van der Waals surface area contributed by atoms with Gasteiger partial charge in [0.1, 0.15) is 5.82 Å². The second-order valence-corrected chi connectivity index (χ2v) is 3.25. The van der Waals surface area contributed by atoms with E-state index in [0.29, 0.717) is 12.6 Å². The maximum Gasteiger partial charge on any atom is 0.127 e. The van der Waals surface area contributed by atoms with Crippen molar-refractivity contribution in [3.05, 3.63) is 35.6 Å². The zero-order valence-electron chi connectivity index (χ0n) is 6.89. The summed E-state index contributed by atoms with van der Waals surface area (Å²) in [5.74, 6) is -0.106. The summed E-state index contributed by atoms with van der Waals surface area (Å²) < 4.78 is 13.0. The summed E-state index contributed by atoms with van der Waals surface area (Å²) in [7, 11) is 0. The minimum atomic E-state index is -0.106. The minimum absolute atomic E-state index is 0.106. The van der Waals surface area contributed by atoms with Crippen LogP contribution < -0.4 is 5.32 Å². The molecule has 1 saturated carbocycles. The molecule has 0 radical (unpaired) electrons. The Bertz CT molecular complexity index is 268. The van der Waals surface area contributed by atoms with Gasteiger partial charge in [-0.05, 0) is 18.9 Å². The molecule has 0 heterocycles. The van der Waals surface area contributed by atoms with Crippen molar-refractivity contribution in [2.75, 3.05) is 0 Å². The predicted octanol–water partition coefficient (Wildman–Crippen LogP) is 2.08. The van der Waals surface area contributed by atoms with Crippen LogP contribution in [0, 0.1) is 5.82 Å². The van der Waals surface area contributed by atoms with Gasteiger partial charge in [-0.2, -0.15) is 0 Å². The van der Waals surface area contributed by atoms with E-state index in [9.17, 15) is 4.39 Å². The molecular formula is C10H12FN. The highest BCUT2D eigenvalue weighted by Crippen LogP contribution is 2.19. The molecule has 0 spiro atoms. The molecule has 1 aromatic rings. The SMILES string of the molecule is Fc1ccccc1CNC1CC1. The van der Waals surface area contributed by atoms with E-state index in [1.807, 2.05) is 12.1 Å².